The van der Waals surface area contributed by atoms with E-state index in [1.165, 1.54) is 12.1 Å². The van der Waals surface area contributed by atoms with Gasteiger partial charge in [0.25, 0.3) is 0 Å². The highest BCUT2D eigenvalue weighted by molar-refractivity contribution is 5.79. The van der Waals surface area contributed by atoms with E-state index in [1.54, 1.807) is 26.4 Å². The molecule has 0 spiro atoms. The van der Waals surface area contributed by atoms with Gasteiger partial charge in [0, 0.05) is 36.2 Å². The quantitative estimate of drug-likeness (QED) is 0.317. The summed E-state index contributed by atoms with van der Waals surface area (Å²) in [4.78, 5) is 25.0. The van der Waals surface area contributed by atoms with Crippen LogP contribution in [0.4, 0.5) is 4.39 Å². The third-order valence-electron chi connectivity index (χ3n) is 7.77. The first-order valence-electron chi connectivity index (χ1n) is 14.3. The number of piperidine rings is 1. The standard InChI is InChI=1S/C33H37FN4O3/c1-40-29-14-8-25(9-15-29)31-23-38(28-12-10-26(34)11-13-28)32(36-31)21-33(39)37-18-16-24(17-19-37)20-27-6-4-3-5-7-30(41-2)22-35-27/h6-15,22-24H,3-5,16-21H2,1-2H3/b27-6+,30-7+,35-22-. The molecule has 2 aromatic carbocycles. The molecule has 0 bridgehead atoms. The second-order valence-corrected chi connectivity index (χ2v) is 10.5. The Labute approximate surface area is 241 Å². The lowest BCUT2D eigenvalue weighted by atomic mass is 9.91. The van der Waals surface area contributed by atoms with Crippen molar-refractivity contribution in [1.29, 1.82) is 0 Å². The minimum absolute atomic E-state index is 0.0493. The first-order valence-corrected chi connectivity index (χ1v) is 14.3. The zero-order valence-corrected chi connectivity index (χ0v) is 23.8. The molecule has 7 nitrogen and oxygen atoms in total. The molecule has 0 N–H and O–H groups in total. The summed E-state index contributed by atoms with van der Waals surface area (Å²) in [6.45, 7) is 1.43. The van der Waals surface area contributed by atoms with E-state index < -0.39 is 0 Å². The number of methoxy groups -OCH3 is 2. The number of hydrogen-bond donors (Lipinski definition) is 0. The van der Waals surface area contributed by atoms with Crippen LogP contribution in [0, 0.1) is 11.7 Å². The molecule has 0 saturated carbocycles. The van der Waals surface area contributed by atoms with Crippen molar-refractivity contribution in [2.45, 2.75) is 44.9 Å². The summed E-state index contributed by atoms with van der Waals surface area (Å²) in [5, 5.41) is 0. The largest absolute Gasteiger partial charge is 0.497 e. The van der Waals surface area contributed by atoms with Crippen LogP contribution in [0.3, 0.4) is 0 Å². The van der Waals surface area contributed by atoms with Crippen LogP contribution in [-0.4, -0.2) is 53.9 Å². The Kier molecular flexibility index (Phi) is 9.29. The summed E-state index contributed by atoms with van der Waals surface area (Å²) in [6, 6.07) is 13.9. The highest BCUT2D eigenvalue weighted by Crippen LogP contribution is 2.28. The first kappa shape index (κ1) is 28.3. The number of carbonyl (C=O) groups is 1. The molecule has 5 rings (SSSR count). The second kappa shape index (κ2) is 13.4. The zero-order chi connectivity index (χ0) is 28.6. The molecule has 8 heteroatoms. The monoisotopic (exact) mass is 556 g/mol. The van der Waals surface area contributed by atoms with Gasteiger partial charge in [-0.25, -0.2) is 9.37 Å². The van der Waals surface area contributed by atoms with Gasteiger partial charge < -0.3 is 18.9 Å². The molecule has 1 fully saturated rings. The van der Waals surface area contributed by atoms with Crippen molar-refractivity contribution in [2.24, 2.45) is 10.9 Å². The number of nitrogens with zero attached hydrogens (tertiary/aromatic N) is 4. The normalized spacial score (nSPS) is 19.6. The van der Waals surface area contributed by atoms with E-state index in [0.29, 0.717) is 24.8 Å². The summed E-state index contributed by atoms with van der Waals surface area (Å²) in [7, 11) is 3.31. The lowest BCUT2D eigenvalue weighted by molar-refractivity contribution is -0.132. The molecule has 3 heterocycles. The van der Waals surface area contributed by atoms with Crippen molar-refractivity contribution in [1.82, 2.24) is 14.5 Å². The van der Waals surface area contributed by atoms with Gasteiger partial charge in [0.1, 0.15) is 23.2 Å². The number of imidazole rings is 1. The van der Waals surface area contributed by atoms with Crippen molar-refractivity contribution < 1.29 is 18.7 Å². The number of benzene rings is 2. The van der Waals surface area contributed by atoms with Crippen molar-refractivity contribution in [3.05, 3.63) is 90.0 Å². The first-order chi connectivity index (χ1) is 20.0. The van der Waals surface area contributed by atoms with E-state index in [0.717, 1.165) is 72.7 Å². The van der Waals surface area contributed by atoms with Crippen molar-refractivity contribution in [2.75, 3.05) is 27.3 Å². The fraction of sp³-hybridized carbons (Fsp3) is 0.364. The lowest BCUT2D eigenvalue weighted by Crippen LogP contribution is -2.39. The van der Waals surface area contributed by atoms with Gasteiger partial charge >= 0.3 is 0 Å². The molecule has 0 atom stereocenters. The Bertz CT molecular complexity index is 1420. The van der Waals surface area contributed by atoms with Crippen LogP contribution in [0.25, 0.3) is 16.9 Å². The number of hydrogen-bond acceptors (Lipinski definition) is 5. The van der Waals surface area contributed by atoms with E-state index in [1.807, 2.05) is 46.1 Å². The lowest BCUT2D eigenvalue weighted by Gasteiger charge is -2.32. The molecule has 2 aliphatic rings. The highest BCUT2D eigenvalue weighted by atomic mass is 19.1. The molecule has 214 valence electrons. The van der Waals surface area contributed by atoms with Crippen molar-refractivity contribution in [3.8, 4) is 22.7 Å². The second-order valence-electron chi connectivity index (χ2n) is 10.5. The summed E-state index contributed by atoms with van der Waals surface area (Å²) < 4.78 is 26.2. The third-order valence-corrected chi connectivity index (χ3v) is 7.77. The molecule has 41 heavy (non-hydrogen) atoms. The number of aromatic nitrogens is 2. The smallest absolute Gasteiger partial charge is 0.230 e. The number of amides is 1. The maximum atomic E-state index is 13.7. The van der Waals surface area contributed by atoms with Crippen LogP contribution >= 0.6 is 0 Å². The SMILES string of the molecule is COC1=C/CCC/C=C(CC2CCN(C(=O)Cc3nc(-c4ccc(OC)cc4)cn3-c3ccc(F)cc3)CC2)/N=C\1. The molecule has 2 aliphatic heterocycles. The Hall–Kier alpha value is -4.20. The van der Waals surface area contributed by atoms with Crippen LogP contribution in [0.1, 0.15) is 44.3 Å². The van der Waals surface area contributed by atoms with Crippen LogP contribution in [0.2, 0.25) is 0 Å². The fourth-order valence-corrected chi connectivity index (χ4v) is 5.35. The maximum Gasteiger partial charge on any atom is 0.230 e. The van der Waals surface area contributed by atoms with Crippen LogP contribution in [-0.2, 0) is 16.0 Å². The minimum atomic E-state index is -0.309. The predicted octanol–water partition coefficient (Wildman–Crippen LogP) is 6.53. The Morgan fingerprint density at radius 2 is 1.71 bits per heavy atom. The topological polar surface area (TPSA) is 68.9 Å². The zero-order valence-electron chi connectivity index (χ0n) is 23.8. The van der Waals surface area contributed by atoms with Gasteiger partial charge in [-0.15, -0.1) is 0 Å². The van der Waals surface area contributed by atoms with Gasteiger partial charge in [-0.2, -0.15) is 0 Å². The Balaban J connectivity index is 1.26. The van der Waals surface area contributed by atoms with Gasteiger partial charge in [-0.05, 0) is 99.0 Å². The number of aliphatic imine (C=N–C) groups is 1. The Morgan fingerprint density at radius 3 is 2.41 bits per heavy atom. The maximum absolute atomic E-state index is 13.7. The van der Waals surface area contributed by atoms with E-state index in [-0.39, 0.29) is 18.1 Å². The van der Waals surface area contributed by atoms with Gasteiger partial charge in [0.2, 0.25) is 5.91 Å². The summed E-state index contributed by atoms with van der Waals surface area (Å²) in [5.41, 5.74) is 3.52. The minimum Gasteiger partial charge on any atom is -0.497 e. The van der Waals surface area contributed by atoms with Gasteiger partial charge in [-0.3, -0.25) is 9.79 Å². The summed E-state index contributed by atoms with van der Waals surface area (Å²) in [6.07, 6.45) is 14.1. The van der Waals surface area contributed by atoms with E-state index in [4.69, 9.17) is 19.5 Å². The average molecular weight is 557 g/mol. The molecule has 1 amide bonds. The average Bonchev–Trinajstić information content (AvgIpc) is 3.46. The third kappa shape index (κ3) is 7.31. The molecule has 0 radical (unpaired) electrons. The van der Waals surface area contributed by atoms with Crippen LogP contribution in [0.5, 0.6) is 5.75 Å². The summed E-state index contributed by atoms with van der Waals surface area (Å²) >= 11 is 0. The van der Waals surface area contributed by atoms with Crippen LogP contribution < -0.4 is 4.74 Å². The fourth-order valence-electron chi connectivity index (χ4n) is 5.35. The number of rotatable bonds is 8. The molecule has 3 aromatic rings. The number of ether oxygens (including phenoxy) is 2. The van der Waals surface area contributed by atoms with Crippen molar-refractivity contribution >= 4 is 12.1 Å². The number of halogens is 1. The molecular weight excluding hydrogens is 519 g/mol. The van der Waals surface area contributed by atoms with E-state index in [9.17, 15) is 9.18 Å². The molecule has 1 saturated heterocycles. The van der Waals surface area contributed by atoms with E-state index >= 15 is 0 Å². The molecule has 0 aliphatic carbocycles. The molecule has 1 aromatic heterocycles. The number of carbonyl (C=O) groups excluding carboxylic acids is 1. The molecule has 0 unspecified atom stereocenters. The predicted molar refractivity (Wildman–Crippen MR) is 159 cm³/mol. The highest BCUT2D eigenvalue weighted by Gasteiger charge is 2.25. The van der Waals surface area contributed by atoms with Gasteiger partial charge in [0.15, 0.2) is 0 Å². The van der Waals surface area contributed by atoms with Gasteiger partial charge in [-0.1, -0.05) is 6.08 Å². The number of allylic oxidation sites excluding steroid dienone is 4. The van der Waals surface area contributed by atoms with E-state index in [2.05, 4.69) is 12.2 Å². The van der Waals surface area contributed by atoms with Crippen LogP contribution in [0.15, 0.2) is 83.3 Å². The number of likely N-dealkylation sites (tertiary alicyclic amines) is 1. The Morgan fingerprint density at radius 1 is 0.976 bits per heavy atom. The van der Waals surface area contributed by atoms with Crippen molar-refractivity contribution in [3.63, 3.8) is 0 Å². The summed E-state index contributed by atoms with van der Waals surface area (Å²) in [5.74, 6) is 2.43. The molecular formula is C33H37FN4O3. The van der Waals surface area contributed by atoms with Gasteiger partial charge in [0.05, 0.1) is 32.5 Å².